The second-order valence-electron chi connectivity index (χ2n) is 4.68. The molecule has 0 saturated heterocycles. The average Bonchev–Trinajstić information content (AvgIpc) is 2.89. The fourth-order valence-corrected chi connectivity index (χ4v) is 2.30. The highest BCUT2D eigenvalue weighted by atomic mass is 16.3. The maximum atomic E-state index is 12.1. The van der Waals surface area contributed by atoms with Crippen molar-refractivity contribution in [3.63, 3.8) is 0 Å². The number of fused-ring (bicyclic) bond motifs is 1. The number of nitrogens with one attached hydrogen (secondary N) is 2. The zero-order valence-electron chi connectivity index (χ0n) is 10.7. The molecule has 1 amide bonds. The lowest BCUT2D eigenvalue weighted by Crippen LogP contribution is -2.12. The first-order valence-electron chi connectivity index (χ1n) is 6.34. The van der Waals surface area contributed by atoms with Crippen molar-refractivity contribution in [2.75, 3.05) is 17.2 Å². The van der Waals surface area contributed by atoms with Crippen LogP contribution in [0, 0.1) is 0 Å². The normalized spacial score (nSPS) is 12.6. The number of hydrogen-bond acceptors (Lipinski definition) is 4. The molecule has 1 heterocycles. The van der Waals surface area contributed by atoms with E-state index in [0.717, 1.165) is 24.2 Å². The summed E-state index contributed by atoms with van der Waals surface area (Å²) in [6.45, 7) is 0.903. The molecule has 0 bridgehead atoms. The van der Waals surface area contributed by atoms with Crippen LogP contribution in [0.15, 0.2) is 36.4 Å². The molecular weight excluding hydrogens is 256 g/mol. The van der Waals surface area contributed by atoms with Gasteiger partial charge < -0.3 is 20.8 Å². The molecule has 2 aromatic rings. The Balaban J connectivity index is 1.84. The Morgan fingerprint density at radius 3 is 2.90 bits per heavy atom. The molecular formula is C15H14N2O3. The van der Waals surface area contributed by atoms with Crippen LogP contribution in [0.2, 0.25) is 0 Å². The minimum atomic E-state index is -0.454. The van der Waals surface area contributed by atoms with Crippen molar-refractivity contribution in [1.29, 1.82) is 0 Å². The van der Waals surface area contributed by atoms with Crippen LogP contribution in [0.5, 0.6) is 11.5 Å². The number of para-hydroxylation sites is 1. The van der Waals surface area contributed by atoms with E-state index in [1.165, 1.54) is 18.2 Å². The maximum absolute atomic E-state index is 12.1. The van der Waals surface area contributed by atoms with Gasteiger partial charge in [0, 0.05) is 17.9 Å². The fourth-order valence-electron chi connectivity index (χ4n) is 2.30. The molecule has 0 radical (unpaired) electrons. The number of rotatable bonds is 2. The summed E-state index contributed by atoms with van der Waals surface area (Å²) in [6.07, 6.45) is 0.927. The molecule has 20 heavy (non-hydrogen) atoms. The van der Waals surface area contributed by atoms with Gasteiger partial charge in [-0.3, -0.25) is 4.79 Å². The van der Waals surface area contributed by atoms with E-state index in [-0.39, 0.29) is 11.3 Å². The molecule has 1 aliphatic heterocycles. The molecule has 0 atom stereocenters. The lowest BCUT2D eigenvalue weighted by atomic mass is 10.1. The SMILES string of the molecule is O=C(Nc1ccc2c(c1)CCN2)c1cccc(O)c1O. The number of benzene rings is 2. The van der Waals surface area contributed by atoms with Gasteiger partial charge in [0.25, 0.3) is 5.91 Å². The van der Waals surface area contributed by atoms with E-state index in [9.17, 15) is 15.0 Å². The van der Waals surface area contributed by atoms with Crippen molar-refractivity contribution in [2.45, 2.75) is 6.42 Å². The van der Waals surface area contributed by atoms with Gasteiger partial charge in [0.05, 0.1) is 5.56 Å². The van der Waals surface area contributed by atoms with E-state index >= 15 is 0 Å². The lowest BCUT2D eigenvalue weighted by molar-refractivity contribution is 0.102. The molecule has 0 saturated carbocycles. The lowest BCUT2D eigenvalue weighted by Gasteiger charge is -2.09. The van der Waals surface area contributed by atoms with Crippen LogP contribution in [-0.4, -0.2) is 22.7 Å². The third-order valence-electron chi connectivity index (χ3n) is 3.33. The highest BCUT2D eigenvalue weighted by molar-refractivity contribution is 6.06. The second-order valence-corrected chi connectivity index (χ2v) is 4.68. The molecule has 5 heteroatoms. The van der Waals surface area contributed by atoms with Gasteiger partial charge in [0.15, 0.2) is 11.5 Å². The Hall–Kier alpha value is -2.69. The second kappa shape index (κ2) is 4.77. The number of amides is 1. The molecule has 1 aliphatic rings. The first-order chi connectivity index (χ1) is 9.65. The van der Waals surface area contributed by atoms with E-state index < -0.39 is 11.7 Å². The van der Waals surface area contributed by atoms with E-state index in [1.807, 2.05) is 12.1 Å². The zero-order chi connectivity index (χ0) is 14.1. The number of carbonyl (C=O) groups excluding carboxylic acids is 1. The van der Waals surface area contributed by atoms with Crippen LogP contribution in [0.1, 0.15) is 15.9 Å². The van der Waals surface area contributed by atoms with Crippen molar-refractivity contribution in [2.24, 2.45) is 0 Å². The molecule has 0 aliphatic carbocycles. The maximum Gasteiger partial charge on any atom is 0.259 e. The summed E-state index contributed by atoms with van der Waals surface area (Å²) in [5, 5.41) is 25.0. The third-order valence-corrected chi connectivity index (χ3v) is 3.33. The highest BCUT2D eigenvalue weighted by Crippen LogP contribution is 2.30. The molecule has 0 aromatic heterocycles. The Morgan fingerprint density at radius 2 is 2.05 bits per heavy atom. The topological polar surface area (TPSA) is 81.6 Å². The Morgan fingerprint density at radius 1 is 1.20 bits per heavy atom. The molecule has 102 valence electrons. The summed E-state index contributed by atoms with van der Waals surface area (Å²) in [5.74, 6) is -1.17. The summed E-state index contributed by atoms with van der Waals surface area (Å²) in [5.41, 5.74) is 2.95. The van der Waals surface area contributed by atoms with Crippen LogP contribution >= 0.6 is 0 Å². The van der Waals surface area contributed by atoms with Crippen LogP contribution < -0.4 is 10.6 Å². The monoisotopic (exact) mass is 270 g/mol. The van der Waals surface area contributed by atoms with Crippen LogP contribution in [-0.2, 0) is 6.42 Å². The van der Waals surface area contributed by atoms with Gasteiger partial charge in [-0.15, -0.1) is 0 Å². The Kier molecular flexibility index (Phi) is 2.95. The summed E-state index contributed by atoms with van der Waals surface area (Å²) in [6, 6.07) is 9.92. The molecule has 3 rings (SSSR count). The summed E-state index contributed by atoms with van der Waals surface area (Å²) in [7, 11) is 0. The molecule has 0 unspecified atom stereocenters. The molecule has 2 aromatic carbocycles. The number of aromatic hydroxyl groups is 2. The molecule has 0 spiro atoms. The smallest absolute Gasteiger partial charge is 0.259 e. The summed E-state index contributed by atoms with van der Waals surface area (Å²) < 4.78 is 0. The van der Waals surface area contributed by atoms with Crippen molar-refractivity contribution in [3.05, 3.63) is 47.5 Å². The van der Waals surface area contributed by atoms with Crippen LogP contribution in [0.25, 0.3) is 0 Å². The van der Waals surface area contributed by atoms with Gasteiger partial charge in [-0.25, -0.2) is 0 Å². The van der Waals surface area contributed by atoms with Crippen molar-refractivity contribution >= 4 is 17.3 Å². The van der Waals surface area contributed by atoms with E-state index in [4.69, 9.17) is 0 Å². The zero-order valence-corrected chi connectivity index (χ0v) is 10.7. The fraction of sp³-hybridized carbons (Fsp3) is 0.133. The largest absolute Gasteiger partial charge is 0.504 e. The van der Waals surface area contributed by atoms with Gasteiger partial charge in [-0.05, 0) is 42.3 Å². The van der Waals surface area contributed by atoms with Gasteiger partial charge in [0.2, 0.25) is 0 Å². The van der Waals surface area contributed by atoms with E-state index in [0.29, 0.717) is 5.69 Å². The Bertz CT molecular complexity index is 683. The van der Waals surface area contributed by atoms with Gasteiger partial charge in [-0.2, -0.15) is 0 Å². The minimum absolute atomic E-state index is 0.0450. The summed E-state index contributed by atoms with van der Waals surface area (Å²) >= 11 is 0. The first kappa shape index (κ1) is 12.3. The number of phenols is 2. The quantitative estimate of drug-likeness (QED) is 0.631. The van der Waals surface area contributed by atoms with Crippen LogP contribution in [0.3, 0.4) is 0 Å². The first-order valence-corrected chi connectivity index (χ1v) is 6.34. The van der Waals surface area contributed by atoms with Crippen molar-refractivity contribution in [1.82, 2.24) is 0 Å². The molecule has 0 fully saturated rings. The van der Waals surface area contributed by atoms with E-state index in [1.54, 1.807) is 6.07 Å². The van der Waals surface area contributed by atoms with Gasteiger partial charge in [0.1, 0.15) is 0 Å². The van der Waals surface area contributed by atoms with Crippen molar-refractivity contribution in [3.8, 4) is 11.5 Å². The number of phenolic OH excluding ortho intramolecular Hbond substituents is 2. The predicted molar refractivity (Wildman–Crippen MR) is 76.4 cm³/mol. The van der Waals surface area contributed by atoms with E-state index in [2.05, 4.69) is 10.6 Å². The number of carbonyl (C=O) groups is 1. The third kappa shape index (κ3) is 2.14. The predicted octanol–water partition coefficient (Wildman–Crippen LogP) is 2.32. The number of anilines is 2. The van der Waals surface area contributed by atoms with Gasteiger partial charge >= 0.3 is 0 Å². The number of hydrogen-bond donors (Lipinski definition) is 4. The molecule has 4 N–H and O–H groups in total. The highest BCUT2D eigenvalue weighted by Gasteiger charge is 2.15. The average molecular weight is 270 g/mol. The van der Waals surface area contributed by atoms with Gasteiger partial charge in [-0.1, -0.05) is 6.07 Å². The minimum Gasteiger partial charge on any atom is -0.504 e. The summed E-state index contributed by atoms with van der Waals surface area (Å²) in [4.78, 5) is 12.1. The van der Waals surface area contributed by atoms with Crippen molar-refractivity contribution < 1.29 is 15.0 Å². The standard InChI is InChI=1S/C15H14N2O3/c18-13-3-1-2-11(14(13)19)15(20)17-10-4-5-12-9(8-10)6-7-16-12/h1-5,8,16,18-19H,6-7H2,(H,17,20). The molecule has 5 nitrogen and oxygen atoms in total. The van der Waals surface area contributed by atoms with Crippen LogP contribution in [0.4, 0.5) is 11.4 Å². The Labute approximate surface area is 115 Å².